The molecule has 0 unspecified atom stereocenters. The highest BCUT2D eigenvalue weighted by Gasteiger charge is 2.62. The number of hydrogen-bond donors (Lipinski definition) is 0. The van der Waals surface area contributed by atoms with Crippen molar-refractivity contribution in [2.45, 2.75) is 19.3 Å². The number of hydrogen-bond acceptors (Lipinski definition) is 1. The SMILES string of the molecule is O=C1[C@H]2CC[C@@H]1[C@H]1C[C@H]12. The van der Waals surface area contributed by atoms with E-state index in [-0.39, 0.29) is 0 Å². The maximum Gasteiger partial charge on any atom is 0.139 e. The Morgan fingerprint density at radius 3 is 2.00 bits per heavy atom. The quantitative estimate of drug-likeness (QED) is 0.472. The normalized spacial score (nSPS) is 60.2. The molecule has 3 aliphatic carbocycles. The van der Waals surface area contributed by atoms with Crippen molar-refractivity contribution in [2.75, 3.05) is 0 Å². The van der Waals surface area contributed by atoms with Gasteiger partial charge in [-0.15, -0.1) is 0 Å². The van der Waals surface area contributed by atoms with Gasteiger partial charge in [-0.3, -0.25) is 4.79 Å². The Labute approximate surface area is 54.4 Å². The predicted molar refractivity (Wildman–Crippen MR) is 32.8 cm³/mol. The molecular weight excluding hydrogens is 112 g/mol. The van der Waals surface area contributed by atoms with Crippen molar-refractivity contribution in [1.29, 1.82) is 0 Å². The summed E-state index contributed by atoms with van der Waals surface area (Å²) < 4.78 is 0. The summed E-state index contributed by atoms with van der Waals surface area (Å²) in [6, 6.07) is 0. The maximum atomic E-state index is 11.2. The van der Waals surface area contributed by atoms with Gasteiger partial charge in [-0.05, 0) is 31.1 Å². The monoisotopic (exact) mass is 122 g/mol. The molecule has 3 rings (SSSR count). The lowest BCUT2D eigenvalue weighted by Gasteiger charge is -2.02. The van der Waals surface area contributed by atoms with Crippen LogP contribution in [0.15, 0.2) is 0 Å². The van der Waals surface area contributed by atoms with Crippen molar-refractivity contribution in [3.63, 3.8) is 0 Å². The second-order valence-electron chi connectivity index (χ2n) is 3.76. The van der Waals surface area contributed by atoms with Gasteiger partial charge in [-0.2, -0.15) is 0 Å². The van der Waals surface area contributed by atoms with Crippen molar-refractivity contribution in [3.05, 3.63) is 0 Å². The summed E-state index contributed by atoms with van der Waals surface area (Å²) in [5.74, 6) is 3.45. The van der Waals surface area contributed by atoms with Gasteiger partial charge in [-0.1, -0.05) is 0 Å². The van der Waals surface area contributed by atoms with Gasteiger partial charge in [-0.25, -0.2) is 0 Å². The molecule has 0 aromatic rings. The van der Waals surface area contributed by atoms with Gasteiger partial charge in [0.05, 0.1) is 0 Å². The lowest BCUT2D eigenvalue weighted by atomic mass is 10.0. The molecule has 48 valence electrons. The zero-order valence-electron chi connectivity index (χ0n) is 5.34. The van der Waals surface area contributed by atoms with Gasteiger partial charge >= 0.3 is 0 Å². The van der Waals surface area contributed by atoms with E-state index in [2.05, 4.69) is 0 Å². The van der Waals surface area contributed by atoms with E-state index in [0.29, 0.717) is 17.6 Å². The van der Waals surface area contributed by atoms with Crippen LogP contribution in [0, 0.1) is 23.7 Å². The number of carbonyl (C=O) groups excluding carboxylic acids is 1. The Balaban J connectivity index is 2.09. The summed E-state index contributed by atoms with van der Waals surface area (Å²) in [6.45, 7) is 0. The molecule has 0 aromatic carbocycles. The van der Waals surface area contributed by atoms with Crippen molar-refractivity contribution < 1.29 is 4.79 Å². The summed E-state index contributed by atoms with van der Waals surface area (Å²) in [5, 5.41) is 0. The van der Waals surface area contributed by atoms with Gasteiger partial charge in [0.1, 0.15) is 5.78 Å². The number of carbonyl (C=O) groups is 1. The molecule has 0 heterocycles. The third-order valence-electron chi connectivity index (χ3n) is 3.44. The Kier molecular flexibility index (Phi) is 0.544. The fourth-order valence-corrected chi connectivity index (χ4v) is 2.93. The van der Waals surface area contributed by atoms with E-state index >= 15 is 0 Å². The summed E-state index contributed by atoms with van der Waals surface area (Å²) in [5.41, 5.74) is 0. The molecule has 0 aromatic heterocycles. The first kappa shape index (κ1) is 4.48. The summed E-state index contributed by atoms with van der Waals surface area (Å²) >= 11 is 0. The van der Waals surface area contributed by atoms with E-state index in [1.807, 2.05) is 0 Å². The van der Waals surface area contributed by atoms with E-state index in [9.17, 15) is 4.79 Å². The highest BCUT2D eigenvalue weighted by molar-refractivity contribution is 5.89. The van der Waals surface area contributed by atoms with Crippen LogP contribution in [-0.2, 0) is 4.79 Å². The van der Waals surface area contributed by atoms with Gasteiger partial charge in [0, 0.05) is 11.8 Å². The van der Waals surface area contributed by atoms with E-state index in [4.69, 9.17) is 0 Å². The van der Waals surface area contributed by atoms with Gasteiger partial charge in [0.15, 0.2) is 0 Å². The molecule has 0 N–H and O–H groups in total. The van der Waals surface area contributed by atoms with E-state index in [0.717, 1.165) is 11.8 Å². The first-order valence-electron chi connectivity index (χ1n) is 3.91. The molecule has 3 aliphatic rings. The van der Waals surface area contributed by atoms with Gasteiger partial charge in [0.2, 0.25) is 0 Å². The Hall–Kier alpha value is -0.330. The van der Waals surface area contributed by atoms with Crippen molar-refractivity contribution in [1.82, 2.24) is 0 Å². The first-order valence-corrected chi connectivity index (χ1v) is 3.91. The predicted octanol–water partition coefficient (Wildman–Crippen LogP) is 1.23. The topological polar surface area (TPSA) is 17.1 Å². The Bertz CT molecular complexity index is 167. The molecule has 9 heavy (non-hydrogen) atoms. The number of rotatable bonds is 0. The summed E-state index contributed by atoms with van der Waals surface area (Å²) in [7, 11) is 0. The Morgan fingerprint density at radius 1 is 1.11 bits per heavy atom. The molecule has 0 amide bonds. The molecule has 3 fully saturated rings. The largest absolute Gasteiger partial charge is 0.299 e. The van der Waals surface area contributed by atoms with Crippen LogP contribution in [0.25, 0.3) is 0 Å². The zero-order chi connectivity index (χ0) is 6.01. The van der Waals surface area contributed by atoms with E-state index in [1.54, 1.807) is 0 Å². The van der Waals surface area contributed by atoms with Crippen LogP contribution in [-0.4, -0.2) is 5.78 Å². The van der Waals surface area contributed by atoms with Gasteiger partial charge < -0.3 is 0 Å². The van der Waals surface area contributed by atoms with Crippen LogP contribution < -0.4 is 0 Å². The number of fused-ring (bicyclic) bond motifs is 5. The number of Topliss-reactive ketones (excluding diaryl/α,β-unsaturated/α-hetero) is 1. The molecule has 1 heteroatoms. The maximum absolute atomic E-state index is 11.2. The average Bonchev–Trinajstić information content (AvgIpc) is 2.53. The van der Waals surface area contributed by atoms with Crippen LogP contribution in [0.3, 0.4) is 0 Å². The fourth-order valence-electron chi connectivity index (χ4n) is 2.93. The van der Waals surface area contributed by atoms with Crippen LogP contribution in [0.1, 0.15) is 19.3 Å². The zero-order valence-corrected chi connectivity index (χ0v) is 5.34. The van der Waals surface area contributed by atoms with Crippen molar-refractivity contribution >= 4 is 5.78 Å². The minimum absolute atomic E-state index is 0.542. The third-order valence-corrected chi connectivity index (χ3v) is 3.44. The highest BCUT2D eigenvalue weighted by atomic mass is 16.1. The molecule has 0 aliphatic heterocycles. The van der Waals surface area contributed by atoms with Crippen LogP contribution in [0.5, 0.6) is 0 Å². The highest BCUT2D eigenvalue weighted by Crippen LogP contribution is 2.63. The number of ketones is 1. The second-order valence-corrected chi connectivity index (χ2v) is 3.76. The fraction of sp³-hybridized carbons (Fsp3) is 0.875. The lowest BCUT2D eigenvalue weighted by molar-refractivity contribution is -0.122. The summed E-state index contributed by atoms with van der Waals surface area (Å²) in [4.78, 5) is 11.2. The molecular formula is C8H10O. The average molecular weight is 122 g/mol. The van der Waals surface area contributed by atoms with Crippen LogP contribution >= 0.6 is 0 Å². The molecule has 2 bridgehead atoms. The molecule has 4 atom stereocenters. The minimum atomic E-state index is 0.542. The van der Waals surface area contributed by atoms with Crippen LogP contribution in [0.4, 0.5) is 0 Å². The van der Waals surface area contributed by atoms with Crippen molar-refractivity contribution in [3.8, 4) is 0 Å². The van der Waals surface area contributed by atoms with E-state index in [1.165, 1.54) is 19.3 Å². The lowest BCUT2D eigenvalue weighted by Crippen LogP contribution is -2.07. The van der Waals surface area contributed by atoms with Gasteiger partial charge in [0.25, 0.3) is 0 Å². The smallest absolute Gasteiger partial charge is 0.139 e. The molecule has 1 nitrogen and oxygen atoms in total. The Morgan fingerprint density at radius 2 is 1.67 bits per heavy atom. The first-order chi connectivity index (χ1) is 4.38. The standard InChI is InChI=1S/C8H10O/c9-8-4-1-2-5(8)7-3-6(4)7/h4-7H,1-3H2/t4-,5+,6-,7+. The van der Waals surface area contributed by atoms with Crippen molar-refractivity contribution in [2.24, 2.45) is 23.7 Å². The molecule has 0 spiro atoms. The van der Waals surface area contributed by atoms with Crippen LogP contribution in [0.2, 0.25) is 0 Å². The third kappa shape index (κ3) is 0.347. The molecule has 0 saturated heterocycles. The second kappa shape index (κ2) is 1.09. The van der Waals surface area contributed by atoms with E-state index < -0.39 is 0 Å². The summed E-state index contributed by atoms with van der Waals surface area (Å²) in [6.07, 6.45) is 3.84. The molecule has 0 radical (unpaired) electrons. The minimum Gasteiger partial charge on any atom is -0.299 e. The molecule has 3 saturated carbocycles.